The fourth-order valence-corrected chi connectivity index (χ4v) is 3.53. The first-order chi connectivity index (χ1) is 16.5. The molecule has 0 N–H and O–H groups in total. The van der Waals surface area contributed by atoms with E-state index >= 15 is 0 Å². The number of rotatable bonds is 9. The van der Waals surface area contributed by atoms with Gasteiger partial charge in [0, 0.05) is 5.56 Å². The summed E-state index contributed by atoms with van der Waals surface area (Å²) in [6.07, 6.45) is 0.603. The minimum Gasteiger partial charge on any atom is -0.457 e. The average molecular weight is 540 g/mol. The molecule has 0 aromatic heterocycles. The maximum atomic E-state index is 15.0. The Morgan fingerprint density at radius 3 is 1.67 bits per heavy atom. The molecule has 0 atom stereocenters. The van der Waals surface area contributed by atoms with Crippen LogP contribution in [-0.2, 0) is 22.0 Å². The van der Waals surface area contributed by atoms with Gasteiger partial charge in [0.1, 0.15) is 17.2 Å². The molecule has 0 amide bonds. The Labute approximate surface area is 200 Å². The molecule has 0 saturated carbocycles. The Morgan fingerprint density at radius 1 is 0.611 bits per heavy atom. The van der Waals surface area contributed by atoms with Gasteiger partial charge in [-0.15, -0.1) is 0 Å². The summed E-state index contributed by atoms with van der Waals surface area (Å²) < 4.78 is 150. The quantitative estimate of drug-likeness (QED) is 0.217. The molecule has 4 nitrogen and oxygen atoms in total. The summed E-state index contributed by atoms with van der Waals surface area (Å²) in [5, 5.41) is 0. The van der Waals surface area contributed by atoms with Gasteiger partial charge < -0.3 is 8.92 Å². The highest BCUT2D eigenvalue weighted by molar-refractivity contribution is 7.86. The zero-order valence-electron chi connectivity index (χ0n) is 18.1. The number of hydrogen-bond acceptors (Lipinski definition) is 4. The van der Waals surface area contributed by atoms with Crippen LogP contribution in [0.25, 0.3) is 0 Å². The minimum atomic E-state index is -6.62. The first-order valence-corrected chi connectivity index (χ1v) is 11.7. The van der Waals surface area contributed by atoms with E-state index in [-0.39, 0.29) is 17.9 Å². The molecule has 3 aromatic carbocycles. The van der Waals surface area contributed by atoms with E-state index in [1.165, 1.54) is 30.3 Å². The Morgan fingerprint density at radius 2 is 1.11 bits per heavy atom. The van der Waals surface area contributed by atoms with Crippen LogP contribution < -0.4 is 8.92 Å². The smallest absolute Gasteiger partial charge is 0.383 e. The summed E-state index contributed by atoms with van der Waals surface area (Å²) in [7, 11) is -4.12. The molecule has 3 aromatic rings. The third-order valence-electron chi connectivity index (χ3n) is 4.84. The molecule has 0 bridgehead atoms. The summed E-state index contributed by atoms with van der Waals surface area (Å²) in [5.41, 5.74) is -3.52. The lowest BCUT2D eigenvalue weighted by atomic mass is 9.90. The third-order valence-corrected chi connectivity index (χ3v) is 5.34. The van der Waals surface area contributed by atoms with Crippen molar-refractivity contribution in [2.45, 2.75) is 23.7 Å². The predicted molar refractivity (Wildman–Crippen MR) is 113 cm³/mol. The fraction of sp³-hybridized carbons (Fsp3) is 0.217. The molecule has 0 unspecified atom stereocenters. The van der Waals surface area contributed by atoms with Crippen LogP contribution in [0.2, 0.25) is 0 Å². The highest BCUT2D eigenvalue weighted by Crippen LogP contribution is 2.60. The van der Waals surface area contributed by atoms with Gasteiger partial charge in [0.05, 0.1) is 11.8 Å². The average Bonchev–Trinajstić information content (AvgIpc) is 2.79. The van der Waals surface area contributed by atoms with Crippen molar-refractivity contribution in [3.05, 3.63) is 90.0 Å². The molecule has 0 aliphatic heterocycles. The van der Waals surface area contributed by atoms with Crippen LogP contribution in [0, 0.1) is 0 Å². The summed E-state index contributed by atoms with van der Waals surface area (Å²) in [5.74, 6) is -26.5. The molecule has 0 spiro atoms. The van der Waals surface area contributed by atoms with Gasteiger partial charge in [0.2, 0.25) is 0 Å². The van der Waals surface area contributed by atoms with Crippen molar-refractivity contribution in [3.8, 4) is 17.2 Å². The molecular weight excluding hydrogens is 524 g/mol. The first-order valence-electron chi connectivity index (χ1n) is 9.84. The summed E-state index contributed by atoms with van der Waals surface area (Å²) in [6.45, 7) is 0. The molecule has 0 heterocycles. The van der Waals surface area contributed by atoms with E-state index < -0.39 is 56.4 Å². The normalized spacial score (nSPS) is 13.4. The van der Waals surface area contributed by atoms with Gasteiger partial charge in [-0.05, 0) is 48.5 Å². The fourth-order valence-electron chi connectivity index (χ4n) is 3.07. The van der Waals surface area contributed by atoms with Crippen LogP contribution in [0.4, 0.5) is 35.1 Å². The van der Waals surface area contributed by atoms with Crippen molar-refractivity contribution in [1.29, 1.82) is 0 Å². The van der Waals surface area contributed by atoms with Crippen molar-refractivity contribution in [1.82, 2.24) is 0 Å². The van der Waals surface area contributed by atoms with Gasteiger partial charge in [-0.1, -0.05) is 30.3 Å². The predicted octanol–water partition coefficient (Wildman–Crippen LogP) is 6.97. The van der Waals surface area contributed by atoms with Gasteiger partial charge in [-0.25, -0.2) is 0 Å². The largest absolute Gasteiger partial charge is 0.457 e. The standard InChI is InChI=1S/C23H16F8O4S/c1-36(32,33)35-17-13-11-15(12-14-17)20(24,25)22(28,29)23(30,31)21(26,27)18-9-5-6-10-19(18)34-16-7-3-2-4-8-16/h2-14H,1H3. The van der Waals surface area contributed by atoms with E-state index in [1.807, 2.05) is 0 Å². The molecule has 13 heteroatoms. The minimum absolute atomic E-state index is 0.0995. The second kappa shape index (κ2) is 9.26. The second-order valence-corrected chi connectivity index (χ2v) is 9.10. The molecule has 0 saturated heterocycles. The zero-order chi connectivity index (χ0) is 27.0. The van der Waals surface area contributed by atoms with Crippen molar-refractivity contribution in [2.24, 2.45) is 0 Å². The van der Waals surface area contributed by atoms with Crippen LogP contribution in [0.3, 0.4) is 0 Å². The lowest BCUT2D eigenvalue weighted by Gasteiger charge is -2.37. The van der Waals surface area contributed by atoms with E-state index in [4.69, 9.17) is 4.74 Å². The highest BCUT2D eigenvalue weighted by atomic mass is 32.2. The zero-order valence-corrected chi connectivity index (χ0v) is 18.9. The van der Waals surface area contributed by atoms with Crippen molar-refractivity contribution < 1.29 is 52.5 Å². The Hall–Kier alpha value is -3.35. The number of para-hydroxylation sites is 2. The molecule has 36 heavy (non-hydrogen) atoms. The Bertz CT molecular complexity index is 1310. The van der Waals surface area contributed by atoms with E-state index in [0.29, 0.717) is 24.5 Å². The molecular formula is C23H16F8O4S. The molecule has 0 fully saturated rings. The summed E-state index contributed by atoms with van der Waals surface area (Å²) in [6, 6.07) is 11.3. The lowest BCUT2D eigenvalue weighted by Crippen LogP contribution is -2.59. The van der Waals surface area contributed by atoms with Gasteiger partial charge >= 0.3 is 33.8 Å². The highest BCUT2D eigenvalue weighted by Gasteiger charge is 2.81. The second-order valence-electron chi connectivity index (χ2n) is 7.52. The number of ether oxygens (including phenoxy) is 1. The van der Waals surface area contributed by atoms with E-state index in [1.54, 1.807) is 0 Å². The molecule has 194 valence electrons. The Kier molecular flexibility index (Phi) is 7.01. The molecule has 3 rings (SSSR count). The molecule has 0 aliphatic carbocycles. The molecule has 0 radical (unpaired) electrons. The maximum absolute atomic E-state index is 15.0. The number of halogens is 8. The number of hydrogen-bond donors (Lipinski definition) is 0. The van der Waals surface area contributed by atoms with Gasteiger partial charge in [0.25, 0.3) is 0 Å². The van der Waals surface area contributed by atoms with Crippen LogP contribution in [0.5, 0.6) is 17.2 Å². The lowest BCUT2D eigenvalue weighted by molar-refractivity contribution is -0.374. The number of alkyl halides is 8. The van der Waals surface area contributed by atoms with Crippen LogP contribution in [0.1, 0.15) is 11.1 Å². The van der Waals surface area contributed by atoms with Crippen LogP contribution in [-0.4, -0.2) is 26.5 Å². The number of benzene rings is 3. The molecule has 0 aliphatic rings. The van der Waals surface area contributed by atoms with Gasteiger partial charge in [-0.3, -0.25) is 0 Å². The summed E-state index contributed by atoms with van der Waals surface area (Å²) >= 11 is 0. The van der Waals surface area contributed by atoms with Gasteiger partial charge in [-0.2, -0.15) is 43.5 Å². The van der Waals surface area contributed by atoms with Crippen LogP contribution in [0.15, 0.2) is 78.9 Å². The van der Waals surface area contributed by atoms with Crippen molar-refractivity contribution in [3.63, 3.8) is 0 Å². The van der Waals surface area contributed by atoms with E-state index in [0.717, 1.165) is 18.2 Å². The third kappa shape index (κ3) is 4.97. The van der Waals surface area contributed by atoms with E-state index in [9.17, 15) is 43.5 Å². The Balaban J connectivity index is 2.01. The van der Waals surface area contributed by atoms with Gasteiger partial charge in [0.15, 0.2) is 0 Å². The monoisotopic (exact) mass is 540 g/mol. The van der Waals surface area contributed by atoms with Crippen molar-refractivity contribution >= 4 is 10.1 Å². The van der Waals surface area contributed by atoms with Crippen molar-refractivity contribution in [2.75, 3.05) is 6.26 Å². The first kappa shape index (κ1) is 27.2. The van der Waals surface area contributed by atoms with Crippen LogP contribution >= 0.6 is 0 Å². The topological polar surface area (TPSA) is 52.6 Å². The van der Waals surface area contributed by atoms with E-state index in [2.05, 4.69) is 4.18 Å². The maximum Gasteiger partial charge on any atom is 0.383 e. The SMILES string of the molecule is CS(=O)(=O)Oc1ccc(C(F)(F)C(F)(F)C(F)(F)C(F)(F)c2ccccc2Oc2ccccc2)cc1. The summed E-state index contributed by atoms with van der Waals surface area (Å²) in [4.78, 5) is 0.